The average Bonchev–Trinajstić information content (AvgIpc) is 3.17. The Kier molecular flexibility index (Phi) is 4.07. The minimum Gasteiger partial charge on any atom is -0.396 e. The van der Waals surface area contributed by atoms with Crippen LogP contribution in [0.3, 0.4) is 0 Å². The summed E-state index contributed by atoms with van der Waals surface area (Å²) in [5.74, 6) is 0.179. The Hall–Kier alpha value is -0.870. The van der Waals surface area contributed by atoms with Gasteiger partial charge in [0.15, 0.2) is 0 Å². The first kappa shape index (κ1) is 13.6. The van der Waals surface area contributed by atoms with Gasteiger partial charge < -0.3 is 10.0 Å². The van der Waals surface area contributed by atoms with Crippen LogP contribution in [0.5, 0.6) is 0 Å². The number of aliphatic hydroxyl groups excluding tert-OH is 1. The molecule has 2 rings (SSSR count). The zero-order chi connectivity index (χ0) is 13.2. The van der Waals surface area contributed by atoms with Gasteiger partial charge in [-0.05, 0) is 37.0 Å². The van der Waals surface area contributed by atoms with Gasteiger partial charge in [-0.1, -0.05) is 28.1 Å². The number of hydrogen-bond acceptors (Lipinski definition) is 2. The van der Waals surface area contributed by atoms with Crippen molar-refractivity contribution < 1.29 is 9.90 Å². The number of rotatable bonds is 5. The van der Waals surface area contributed by atoms with Crippen LogP contribution >= 0.6 is 15.9 Å². The van der Waals surface area contributed by atoms with Crippen molar-refractivity contribution in [2.24, 2.45) is 0 Å². The number of halogens is 1. The van der Waals surface area contributed by atoms with Gasteiger partial charge in [0.25, 0.3) is 0 Å². The van der Waals surface area contributed by atoms with Gasteiger partial charge >= 0.3 is 0 Å². The Balaban J connectivity index is 2.11. The molecule has 1 aliphatic rings. The molecule has 1 fully saturated rings. The van der Waals surface area contributed by atoms with Crippen molar-refractivity contribution in [2.45, 2.75) is 24.7 Å². The van der Waals surface area contributed by atoms with Crippen molar-refractivity contribution in [3.8, 4) is 0 Å². The fourth-order valence-corrected chi connectivity index (χ4v) is 2.56. The summed E-state index contributed by atoms with van der Waals surface area (Å²) in [7, 11) is 1.82. The number of likely N-dealkylation sites (N-methyl/N-ethyl adjacent to an activating group) is 1. The Morgan fingerprint density at radius 2 is 2.00 bits per heavy atom. The van der Waals surface area contributed by atoms with E-state index in [1.165, 1.54) is 0 Å². The van der Waals surface area contributed by atoms with Gasteiger partial charge in [0.2, 0.25) is 5.91 Å². The molecular weight excluding hydrogens is 294 g/mol. The molecule has 0 heterocycles. The van der Waals surface area contributed by atoms with Crippen LogP contribution in [0.25, 0.3) is 0 Å². The van der Waals surface area contributed by atoms with Crippen LogP contribution in [0.15, 0.2) is 28.7 Å². The third-order valence-corrected chi connectivity index (χ3v) is 4.08. The van der Waals surface area contributed by atoms with Crippen LogP contribution in [0.2, 0.25) is 0 Å². The summed E-state index contributed by atoms with van der Waals surface area (Å²) in [6, 6.07) is 8.01. The topological polar surface area (TPSA) is 40.5 Å². The van der Waals surface area contributed by atoms with E-state index in [9.17, 15) is 4.79 Å². The van der Waals surface area contributed by atoms with E-state index in [2.05, 4.69) is 15.9 Å². The van der Waals surface area contributed by atoms with Gasteiger partial charge in [0.1, 0.15) is 0 Å². The predicted octanol–water partition coefficient (Wildman–Crippen LogP) is 2.32. The van der Waals surface area contributed by atoms with Crippen molar-refractivity contribution >= 4 is 21.8 Å². The standard InChI is InChI=1S/C14H18BrNO2/c1-16(9-2-10-17)13(18)14(7-8-14)11-3-5-12(15)6-4-11/h3-6,17H,2,7-10H2,1H3. The second-order valence-corrected chi connectivity index (χ2v) is 5.81. The van der Waals surface area contributed by atoms with E-state index in [0.717, 1.165) is 22.9 Å². The smallest absolute Gasteiger partial charge is 0.232 e. The molecule has 0 aromatic heterocycles. The first-order valence-electron chi connectivity index (χ1n) is 6.22. The monoisotopic (exact) mass is 311 g/mol. The summed E-state index contributed by atoms with van der Waals surface area (Å²) >= 11 is 3.41. The highest BCUT2D eigenvalue weighted by Gasteiger charge is 2.52. The fraction of sp³-hybridized carbons (Fsp3) is 0.500. The number of benzene rings is 1. The summed E-state index contributed by atoms with van der Waals surface area (Å²) in [5, 5.41) is 8.82. The summed E-state index contributed by atoms with van der Waals surface area (Å²) in [4.78, 5) is 14.2. The molecule has 0 bridgehead atoms. The number of carbonyl (C=O) groups excluding carboxylic acids is 1. The van der Waals surface area contributed by atoms with Crippen LogP contribution in [0, 0.1) is 0 Å². The summed E-state index contributed by atoms with van der Waals surface area (Å²) in [6.45, 7) is 0.747. The lowest BCUT2D eigenvalue weighted by atomic mass is 9.94. The van der Waals surface area contributed by atoms with E-state index in [4.69, 9.17) is 5.11 Å². The molecule has 1 aliphatic carbocycles. The van der Waals surface area contributed by atoms with Gasteiger partial charge in [-0.3, -0.25) is 4.79 Å². The highest BCUT2D eigenvalue weighted by molar-refractivity contribution is 9.10. The second-order valence-electron chi connectivity index (χ2n) is 4.89. The van der Waals surface area contributed by atoms with Crippen LogP contribution in [-0.2, 0) is 10.2 Å². The van der Waals surface area contributed by atoms with Crippen LogP contribution in [0.4, 0.5) is 0 Å². The molecule has 1 saturated carbocycles. The first-order chi connectivity index (χ1) is 8.60. The van der Waals surface area contributed by atoms with E-state index >= 15 is 0 Å². The maximum atomic E-state index is 12.5. The van der Waals surface area contributed by atoms with Crippen LogP contribution in [-0.4, -0.2) is 36.1 Å². The zero-order valence-corrected chi connectivity index (χ0v) is 12.1. The van der Waals surface area contributed by atoms with Gasteiger partial charge in [-0.2, -0.15) is 0 Å². The number of aliphatic hydroxyl groups is 1. The van der Waals surface area contributed by atoms with E-state index in [1.54, 1.807) is 4.90 Å². The van der Waals surface area contributed by atoms with Crippen molar-refractivity contribution in [3.63, 3.8) is 0 Å². The lowest BCUT2D eigenvalue weighted by molar-refractivity contribution is -0.132. The maximum Gasteiger partial charge on any atom is 0.232 e. The molecule has 1 aromatic carbocycles. The summed E-state index contributed by atoms with van der Waals surface area (Å²) in [6.07, 6.45) is 2.49. The number of amides is 1. The quantitative estimate of drug-likeness (QED) is 0.906. The highest BCUT2D eigenvalue weighted by atomic mass is 79.9. The molecule has 4 heteroatoms. The van der Waals surface area contributed by atoms with Gasteiger partial charge in [-0.25, -0.2) is 0 Å². The fourth-order valence-electron chi connectivity index (χ4n) is 2.29. The molecule has 0 atom stereocenters. The molecule has 3 nitrogen and oxygen atoms in total. The molecule has 1 N–H and O–H groups in total. The Morgan fingerprint density at radius 1 is 1.39 bits per heavy atom. The maximum absolute atomic E-state index is 12.5. The molecule has 18 heavy (non-hydrogen) atoms. The zero-order valence-electron chi connectivity index (χ0n) is 10.5. The molecule has 0 aliphatic heterocycles. The molecule has 1 aromatic rings. The van der Waals surface area contributed by atoms with Crippen molar-refractivity contribution in [3.05, 3.63) is 34.3 Å². The SMILES string of the molecule is CN(CCCO)C(=O)C1(c2ccc(Br)cc2)CC1. The van der Waals surface area contributed by atoms with E-state index < -0.39 is 0 Å². The minimum atomic E-state index is -0.301. The van der Waals surface area contributed by atoms with Crippen molar-refractivity contribution in [1.29, 1.82) is 0 Å². The van der Waals surface area contributed by atoms with Crippen molar-refractivity contribution in [1.82, 2.24) is 4.90 Å². The molecule has 0 spiro atoms. The molecule has 98 valence electrons. The molecule has 0 radical (unpaired) electrons. The first-order valence-corrected chi connectivity index (χ1v) is 7.02. The van der Waals surface area contributed by atoms with Crippen LogP contribution < -0.4 is 0 Å². The Labute approximate surface area is 116 Å². The van der Waals surface area contributed by atoms with Crippen LogP contribution in [0.1, 0.15) is 24.8 Å². The number of hydrogen-bond donors (Lipinski definition) is 1. The van der Waals surface area contributed by atoms with E-state index in [0.29, 0.717) is 13.0 Å². The minimum absolute atomic E-state index is 0.128. The number of nitrogens with zero attached hydrogens (tertiary/aromatic N) is 1. The Morgan fingerprint density at radius 3 is 2.50 bits per heavy atom. The Bertz CT molecular complexity index is 426. The number of carbonyl (C=O) groups is 1. The van der Waals surface area contributed by atoms with Gasteiger partial charge in [0.05, 0.1) is 5.41 Å². The van der Waals surface area contributed by atoms with Crippen molar-refractivity contribution in [2.75, 3.05) is 20.2 Å². The van der Waals surface area contributed by atoms with E-state index in [1.807, 2.05) is 31.3 Å². The average molecular weight is 312 g/mol. The van der Waals surface area contributed by atoms with E-state index in [-0.39, 0.29) is 17.9 Å². The summed E-state index contributed by atoms with van der Waals surface area (Å²) in [5.41, 5.74) is 0.803. The second kappa shape index (κ2) is 5.41. The third kappa shape index (κ3) is 2.59. The lowest BCUT2D eigenvalue weighted by Gasteiger charge is -2.23. The molecule has 0 unspecified atom stereocenters. The lowest BCUT2D eigenvalue weighted by Crippen LogP contribution is -2.37. The van der Waals surface area contributed by atoms with Gasteiger partial charge in [-0.15, -0.1) is 0 Å². The van der Waals surface area contributed by atoms with Gasteiger partial charge in [0, 0.05) is 24.7 Å². The molecule has 0 saturated heterocycles. The molecular formula is C14H18BrNO2. The third-order valence-electron chi connectivity index (χ3n) is 3.55. The highest BCUT2D eigenvalue weighted by Crippen LogP contribution is 2.49. The largest absolute Gasteiger partial charge is 0.396 e. The molecule has 1 amide bonds. The normalized spacial score (nSPS) is 16.4. The predicted molar refractivity (Wildman–Crippen MR) is 74.4 cm³/mol. The summed E-state index contributed by atoms with van der Waals surface area (Å²) < 4.78 is 1.03.